The first-order chi connectivity index (χ1) is 3.80. The van der Waals surface area contributed by atoms with Gasteiger partial charge < -0.3 is 0 Å². The number of rotatable bonds is 0. The van der Waals surface area contributed by atoms with E-state index >= 15 is 0 Å². The van der Waals surface area contributed by atoms with Crippen LogP contribution in [0.1, 0.15) is 6.92 Å². The third-order valence-corrected chi connectivity index (χ3v) is 1.67. The minimum Gasteiger partial charge on any atom is -0.273 e. The molecular weight excluding hydrogens is 122 g/mol. The standard InChI is InChI=1S/C6H8ClN/c1-5-3-2-4-8-6(5)7/h2-6H,1H3. The molecule has 0 aromatic carbocycles. The van der Waals surface area contributed by atoms with Gasteiger partial charge in [-0.1, -0.05) is 24.6 Å². The van der Waals surface area contributed by atoms with Crippen LogP contribution in [0.3, 0.4) is 0 Å². The van der Waals surface area contributed by atoms with Crippen molar-refractivity contribution in [3.05, 3.63) is 12.2 Å². The number of dihydropyridines is 1. The first-order valence-corrected chi connectivity index (χ1v) is 3.08. The van der Waals surface area contributed by atoms with E-state index in [9.17, 15) is 0 Å². The van der Waals surface area contributed by atoms with Crippen molar-refractivity contribution < 1.29 is 0 Å². The molecule has 0 amide bonds. The number of allylic oxidation sites excluding steroid dienone is 1. The summed E-state index contributed by atoms with van der Waals surface area (Å²) in [5.41, 5.74) is -0.0417. The topological polar surface area (TPSA) is 12.4 Å². The molecule has 0 aliphatic carbocycles. The van der Waals surface area contributed by atoms with Crippen molar-refractivity contribution >= 4 is 17.8 Å². The van der Waals surface area contributed by atoms with Gasteiger partial charge in [-0.2, -0.15) is 0 Å². The molecular formula is C6H8ClN. The molecule has 2 atom stereocenters. The van der Waals surface area contributed by atoms with E-state index in [0.29, 0.717) is 5.92 Å². The van der Waals surface area contributed by atoms with Crippen molar-refractivity contribution in [2.75, 3.05) is 0 Å². The lowest BCUT2D eigenvalue weighted by atomic mass is 10.1. The van der Waals surface area contributed by atoms with Crippen LogP contribution in [0.2, 0.25) is 0 Å². The number of nitrogens with zero attached hydrogens (tertiary/aromatic N) is 1. The fraction of sp³-hybridized carbons (Fsp3) is 0.500. The van der Waals surface area contributed by atoms with Crippen LogP contribution < -0.4 is 0 Å². The smallest absolute Gasteiger partial charge is 0.129 e. The van der Waals surface area contributed by atoms with E-state index in [1.165, 1.54) is 0 Å². The second-order valence-corrected chi connectivity index (χ2v) is 2.36. The fourth-order valence-electron chi connectivity index (χ4n) is 0.584. The Hall–Kier alpha value is -0.300. The van der Waals surface area contributed by atoms with Gasteiger partial charge in [0.2, 0.25) is 0 Å². The number of hydrogen-bond acceptors (Lipinski definition) is 1. The molecule has 44 valence electrons. The summed E-state index contributed by atoms with van der Waals surface area (Å²) in [6.07, 6.45) is 5.70. The third-order valence-electron chi connectivity index (χ3n) is 1.16. The first-order valence-electron chi connectivity index (χ1n) is 2.65. The molecule has 0 aromatic heterocycles. The van der Waals surface area contributed by atoms with E-state index in [1.54, 1.807) is 6.21 Å². The molecule has 0 saturated carbocycles. The Labute approximate surface area is 54.1 Å². The lowest BCUT2D eigenvalue weighted by Crippen LogP contribution is -2.08. The zero-order chi connectivity index (χ0) is 5.98. The highest BCUT2D eigenvalue weighted by Gasteiger charge is 2.09. The van der Waals surface area contributed by atoms with Crippen molar-refractivity contribution in [3.8, 4) is 0 Å². The van der Waals surface area contributed by atoms with Crippen molar-refractivity contribution in [2.24, 2.45) is 10.9 Å². The lowest BCUT2D eigenvalue weighted by Gasteiger charge is -2.10. The van der Waals surface area contributed by atoms with Crippen LogP contribution in [0.5, 0.6) is 0 Å². The maximum atomic E-state index is 5.72. The summed E-state index contributed by atoms with van der Waals surface area (Å²) in [6.45, 7) is 2.05. The molecule has 1 aliphatic rings. The van der Waals surface area contributed by atoms with Crippen molar-refractivity contribution in [1.82, 2.24) is 0 Å². The van der Waals surface area contributed by atoms with Crippen LogP contribution >= 0.6 is 11.6 Å². The second-order valence-electron chi connectivity index (χ2n) is 1.91. The highest BCUT2D eigenvalue weighted by Crippen LogP contribution is 2.14. The summed E-state index contributed by atoms with van der Waals surface area (Å²) in [4.78, 5) is 3.96. The van der Waals surface area contributed by atoms with Gasteiger partial charge in [0, 0.05) is 12.1 Å². The average Bonchev–Trinajstić information content (AvgIpc) is 1.77. The fourth-order valence-corrected chi connectivity index (χ4v) is 0.733. The summed E-state index contributed by atoms with van der Waals surface area (Å²) >= 11 is 5.72. The number of aliphatic imine (C=N–C) groups is 1. The molecule has 2 heteroatoms. The van der Waals surface area contributed by atoms with Gasteiger partial charge in [0.1, 0.15) is 5.50 Å². The zero-order valence-corrected chi connectivity index (χ0v) is 5.47. The van der Waals surface area contributed by atoms with Crippen LogP contribution in [-0.2, 0) is 0 Å². The Bertz CT molecular complexity index is 112. The van der Waals surface area contributed by atoms with Gasteiger partial charge in [-0.05, 0) is 6.08 Å². The van der Waals surface area contributed by atoms with E-state index in [2.05, 4.69) is 4.99 Å². The summed E-state index contributed by atoms with van der Waals surface area (Å²) in [7, 11) is 0. The van der Waals surface area contributed by atoms with Crippen molar-refractivity contribution in [3.63, 3.8) is 0 Å². The highest BCUT2D eigenvalue weighted by atomic mass is 35.5. The summed E-state index contributed by atoms with van der Waals surface area (Å²) < 4.78 is 0. The quantitative estimate of drug-likeness (QED) is 0.350. The van der Waals surface area contributed by atoms with Gasteiger partial charge >= 0.3 is 0 Å². The number of alkyl halides is 1. The summed E-state index contributed by atoms with van der Waals surface area (Å²) in [5.74, 6) is 0.390. The Morgan fingerprint density at radius 3 is 2.75 bits per heavy atom. The largest absolute Gasteiger partial charge is 0.273 e. The normalized spacial score (nSPS) is 35.8. The Balaban J connectivity index is 2.59. The number of halogens is 1. The van der Waals surface area contributed by atoms with Crippen LogP contribution in [0.25, 0.3) is 0 Å². The molecule has 1 heterocycles. The van der Waals surface area contributed by atoms with Gasteiger partial charge in [-0.15, -0.1) is 0 Å². The molecule has 0 saturated heterocycles. The maximum absolute atomic E-state index is 5.72. The highest BCUT2D eigenvalue weighted by molar-refractivity contribution is 6.21. The molecule has 1 rings (SSSR count). The van der Waals surface area contributed by atoms with E-state index in [0.717, 1.165) is 0 Å². The van der Waals surface area contributed by atoms with Crippen molar-refractivity contribution in [1.29, 1.82) is 0 Å². The van der Waals surface area contributed by atoms with Gasteiger partial charge in [0.05, 0.1) is 0 Å². The average molecular weight is 130 g/mol. The minimum absolute atomic E-state index is 0.0417. The van der Waals surface area contributed by atoms with E-state index < -0.39 is 0 Å². The molecule has 0 spiro atoms. The second kappa shape index (κ2) is 2.31. The van der Waals surface area contributed by atoms with Crippen LogP contribution in [0.15, 0.2) is 17.1 Å². The maximum Gasteiger partial charge on any atom is 0.129 e. The summed E-state index contributed by atoms with van der Waals surface area (Å²) in [6, 6.07) is 0. The van der Waals surface area contributed by atoms with Crippen LogP contribution in [-0.4, -0.2) is 11.7 Å². The third kappa shape index (κ3) is 1.10. The summed E-state index contributed by atoms with van der Waals surface area (Å²) in [5, 5.41) is 0. The molecule has 2 unspecified atom stereocenters. The van der Waals surface area contributed by atoms with Crippen LogP contribution in [0.4, 0.5) is 0 Å². The molecule has 0 N–H and O–H groups in total. The number of hydrogen-bond donors (Lipinski definition) is 0. The molecule has 0 fully saturated rings. The van der Waals surface area contributed by atoms with Crippen molar-refractivity contribution in [2.45, 2.75) is 12.4 Å². The molecule has 8 heavy (non-hydrogen) atoms. The van der Waals surface area contributed by atoms with E-state index in [1.807, 2.05) is 19.1 Å². The van der Waals surface area contributed by atoms with Gasteiger partial charge in [-0.3, -0.25) is 4.99 Å². The predicted molar refractivity (Wildman–Crippen MR) is 36.4 cm³/mol. The Morgan fingerprint density at radius 1 is 1.62 bits per heavy atom. The molecule has 0 bridgehead atoms. The van der Waals surface area contributed by atoms with Gasteiger partial charge in [-0.25, -0.2) is 0 Å². The predicted octanol–water partition coefficient (Wildman–Crippen LogP) is 1.83. The Kier molecular flexibility index (Phi) is 1.69. The Morgan fingerprint density at radius 2 is 2.38 bits per heavy atom. The molecule has 0 radical (unpaired) electrons. The lowest BCUT2D eigenvalue weighted by molar-refractivity contribution is 0.682. The molecule has 0 aromatic rings. The van der Waals surface area contributed by atoms with Crippen LogP contribution in [0, 0.1) is 5.92 Å². The van der Waals surface area contributed by atoms with Gasteiger partial charge in [0.15, 0.2) is 0 Å². The monoisotopic (exact) mass is 129 g/mol. The first kappa shape index (κ1) is 5.83. The van der Waals surface area contributed by atoms with E-state index in [-0.39, 0.29) is 5.50 Å². The van der Waals surface area contributed by atoms with Gasteiger partial charge in [0.25, 0.3) is 0 Å². The SMILES string of the molecule is CC1C=CC=NC1Cl. The van der Waals surface area contributed by atoms with E-state index in [4.69, 9.17) is 11.6 Å². The molecule has 1 aliphatic heterocycles. The minimum atomic E-state index is -0.0417. The zero-order valence-electron chi connectivity index (χ0n) is 4.71. The molecule has 1 nitrogen and oxygen atoms in total.